The number of amides is 1. The third-order valence-corrected chi connectivity index (χ3v) is 8.58. The number of morpholine rings is 1. The van der Waals surface area contributed by atoms with Gasteiger partial charge in [0.05, 0.1) is 58.7 Å². The van der Waals surface area contributed by atoms with Crippen molar-refractivity contribution >= 4 is 52.6 Å². The highest BCUT2D eigenvalue weighted by Crippen LogP contribution is 2.44. The fraction of sp³-hybridized carbons (Fsp3) is 0.258. The molecule has 2 fully saturated rings. The molecular weight excluding hydrogens is 598 g/mol. The lowest BCUT2D eigenvalue weighted by atomic mass is 9.88. The summed E-state index contributed by atoms with van der Waals surface area (Å²) in [5.74, 6) is -1.91. The van der Waals surface area contributed by atoms with Gasteiger partial charge in [0.1, 0.15) is 11.6 Å². The van der Waals surface area contributed by atoms with E-state index in [1.54, 1.807) is 49.7 Å². The molecule has 2 saturated heterocycles. The van der Waals surface area contributed by atoms with Crippen LogP contribution in [-0.2, 0) is 11.3 Å². The van der Waals surface area contributed by atoms with Crippen LogP contribution in [0.25, 0.3) is 16.7 Å². The first-order chi connectivity index (χ1) is 20.7. The van der Waals surface area contributed by atoms with Gasteiger partial charge < -0.3 is 30.1 Å². The molecule has 0 spiro atoms. The molecule has 0 saturated carbocycles. The number of rotatable bonds is 6. The summed E-state index contributed by atoms with van der Waals surface area (Å²) in [6.07, 6.45) is 3.82. The molecule has 1 amide bonds. The smallest absolute Gasteiger partial charge is 0.337 e. The number of aliphatic imine (C=N–C) groups is 1. The van der Waals surface area contributed by atoms with E-state index in [1.807, 2.05) is 4.90 Å². The van der Waals surface area contributed by atoms with Crippen LogP contribution in [0.15, 0.2) is 53.7 Å². The number of para-hydroxylation sites is 1. The third-order valence-electron chi connectivity index (χ3n) is 7.98. The minimum Gasteiger partial charge on any atom is -0.478 e. The number of hydrogen-bond acceptors (Lipinski definition) is 7. The number of halogens is 3. The zero-order valence-corrected chi connectivity index (χ0v) is 24.5. The quantitative estimate of drug-likeness (QED) is 0.349. The molecule has 3 heterocycles. The van der Waals surface area contributed by atoms with Crippen LogP contribution in [0.4, 0.5) is 10.1 Å². The maximum absolute atomic E-state index is 15.5. The Bertz CT molecular complexity index is 1670. The maximum Gasteiger partial charge on any atom is 0.337 e. The van der Waals surface area contributed by atoms with Crippen molar-refractivity contribution in [3.63, 3.8) is 0 Å². The molecule has 2 unspecified atom stereocenters. The number of allylic oxidation sites excluding steroid dienone is 1. The van der Waals surface area contributed by atoms with Crippen LogP contribution in [0, 0.1) is 5.82 Å². The first-order valence-corrected chi connectivity index (χ1v) is 14.3. The molecule has 0 aromatic heterocycles. The molecule has 3 N–H and O–H groups in total. The van der Waals surface area contributed by atoms with E-state index in [1.165, 1.54) is 11.1 Å². The highest BCUT2D eigenvalue weighted by Gasteiger charge is 2.44. The number of carboxylic acid groups (broad SMARTS) is 1. The second-order valence-electron chi connectivity index (χ2n) is 10.5. The zero-order chi connectivity index (χ0) is 30.4. The average Bonchev–Trinajstić information content (AvgIpc) is 2.99. The molecular formula is C31H27Cl2FN4O5. The largest absolute Gasteiger partial charge is 0.478 e. The number of anilines is 1. The Morgan fingerprint density at radius 2 is 1.84 bits per heavy atom. The van der Waals surface area contributed by atoms with Gasteiger partial charge >= 0.3 is 5.97 Å². The van der Waals surface area contributed by atoms with Crippen molar-refractivity contribution in [1.82, 2.24) is 4.90 Å². The van der Waals surface area contributed by atoms with Gasteiger partial charge in [-0.3, -0.25) is 9.79 Å². The number of fused-ring (bicyclic) bond motifs is 3. The van der Waals surface area contributed by atoms with Crippen molar-refractivity contribution in [3.8, 4) is 16.9 Å². The molecule has 12 heteroatoms. The summed E-state index contributed by atoms with van der Waals surface area (Å²) in [4.78, 5) is 33.1. The predicted octanol–water partition coefficient (Wildman–Crippen LogP) is 5.47. The topological polar surface area (TPSA) is 118 Å². The molecule has 2 bridgehead atoms. The van der Waals surface area contributed by atoms with Crippen LogP contribution < -0.4 is 15.4 Å². The molecule has 9 nitrogen and oxygen atoms in total. The monoisotopic (exact) mass is 624 g/mol. The molecule has 0 aliphatic carbocycles. The number of carbonyl (C=O) groups is 2. The number of carbonyl (C=O) groups excluding carboxylic acids is 1. The van der Waals surface area contributed by atoms with E-state index in [4.69, 9.17) is 38.4 Å². The van der Waals surface area contributed by atoms with Crippen LogP contribution in [0.1, 0.15) is 38.3 Å². The SMILES string of the molecule is CN=CC(=CN)c1cc(Cl)c(C(=O)N2COc3c(cccc3-c3cc(N4C5COCC4C5)c(C(=O)O)cc3F)C2)c(Cl)c1. The number of hydrogen-bond donors (Lipinski definition) is 2. The summed E-state index contributed by atoms with van der Waals surface area (Å²) >= 11 is 13.0. The zero-order valence-electron chi connectivity index (χ0n) is 23.0. The van der Waals surface area contributed by atoms with Crippen LogP contribution in [0.3, 0.4) is 0 Å². The first kappa shape index (κ1) is 29.0. The number of carboxylic acids is 1. The Hall–Kier alpha value is -4.12. The Morgan fingerprint density at radius 3 is 2.47 bits per heavy atom. The lowest BCUT2D eigenvalue weighted by Gasteiger charge is -2.54. The second kappa shape index (κ2) is 11.5. The van der Waals surface area contributed by atoms with E-state index in [0.717, 1.165) is 12.5 Å². The van der Waals surface area contributed by atoms with Crippen molar-refractivity contribution in [3.05, 3.63) is 86.8 Å². The normalized spacial score (nSPS) is 19.6. The van der Waals surface area contributed by atoms with E-state index >= 15 is 4.39 Å². The minimum absolute atomic E-state index is 0.0427. The summed E-state index contributed by atoms with van der Waals surface area (Å²) in [5, 5.41) is 10.1. The second-order valence-corrected chi connectivity index (χ2v) is 11.4. The first-order valence-electron chi connectivity index (χ1n) is 13.5. The average molecular weight is 625 g/mol. The van der Waals surface area contributed by atoms with Gasteiger partial charge in [-0.15, -0.1) is 0 Å². The molecule has 3 aromatic rings. The van der Waals surface area contributed by atoms with Crippen molar-refractivity contribution in [2.45, 2.75) is 25.0 Å². The molecule has 222 valence electrons. The van der Waals surface area contributed by atoms with Gasteiger partial charge in [0, 0.05) is 41.7 Å². The highest BCUT2D eigenvalue weighted by atomic mass is 35.5. The molecule has 6 rings (SSSR count). The van der Waals surface area contributed by atoms with E-state index in [9.17, 15) is 14.7 Å². The summed E-state index contributed by atoms with van der Waals surface area (Å²) in [6.45, 7) is 1.00. The molecule has 43 heavy (non-hydrogen) atoms. The van der Waals surface area contributed by atoms with E-state index in [2.05, 4.69) is 4.99 Å². The summed E-state index contributed by atoms with van der Waals surface area (Å²) < 4.78 is 27.1. The molecule has 0 radical (unpaired) electrons. The summed E-state index contributed by atoms with van der Waals surface area (Å²) in [6, 6.07) is 11.2. The summed E-state index contributed by atoms with van der Waals surface area (Å²) in [5.41, 5.74) is 8.67. The van der Waals surface area contributed by atoms with Gasteiger partial charge in [-0.2, -0.15) is 0 Å². The number of benzene rings is 3. The molecule has 3 aliphatic rings. The fourth-order valence-corrected chi connectivity index (χ4v) is 6.60. The number of aromatic carboxylic acids is 1. The fourth-order valence-electron chi connectivity index (χ4n) is 5.96. The van der Waals surface area contributed by atoms with Crippen LogP contribution in [0.5, 0.6) is 5.75 Å². The number of nitrogens with zero attached hydrogens (tertiary/aromatic N) is 3. The Labute approximate surface area is 256 Å². The number of nitrogens with two attached hydrogens (primary N) is 1. The lowest BCUT2D eigenvalue weighted by molar-refractivity contribution is 0.0101. The van der Waals surface area contributed by atoms with E-state index in [0.29, 0.717) is 46.9 Å². The van der Waals surface area contributed by atoms with Crippen LogP contribution in [-0.4, -0.2) is 67.2 Å². The van der Waals surface area contributed by atoms with Crippen LogP contribution >= 0.6 is 23.2 Å². The van der Waals surface area contributed by atoms with Crippen molar-refractivity contribution in [2.75, 3.05) is 31.9 Å². The van der Waals surface area contributed by atoms with Crippen LogP contribution in [0.2, 0.25) is 10.0 Å². The summed E-state index contributed by atoms with van der Waals surface area (Å²) in [7, 11) is 1.61. The standard InChI is InChI=1S/C31H27Cl2FN4O5/c1-36-11-18(10-35)17-5-24(32)28(25(33)6-17)30(39)37-12-16-3-2-4-21(29(16)43-15-37)22-9-27(23(31(40)41)8-26(22)34)38-19-7-20(38)14-42-13-19/h2-6,8-11,19-20H,7,12-15,35H2,1H3,(H,40,41). The Morgan fingerprint density at radius 1 is 1.12 bits per heavy atom. The van der Waals surface area contributed by atoms with Gasteiger partial charge in [-0.25, -0.2) is 9.18 Å². The third kappa shape index (κ3) is 5.09. The van der Waals surface area contributed by atoms with Gasteiger partial charge in [-0.05, 0) is 36.2 Å². The van der Waals surface area contributed by atoms with Crippen molar-refractivity contribution < 1.29 is 28.6 Å². The molecule has 3 aliphatic heterocycles. The lowest BCUT2D eigenvalue weighted by Crippen LogP contribution is -2.64. The predicted molar refractivity (Wildman–Crippen MR) is 163 cm³/mol. The van der Waals surface area contributed by atoms with E-state index in [-0.39, 0.29) is 52.1 Å². The van der Waals surface area contributed by atoms with Gasteiger partial charge in [0.15, 0.2) is 6.73 Å². The van der Waals surface area contributed by atoms with Gasteiger partial charge in [0.2, 0.25) is 0 Å². The molecule has 3 aromatic carbocycles. The Balaban J connectivity index is 1.32. The van der Waals surface area contributed by atoms with E-state index < -0.39 is 17.7 Å². The number of ether oxygens (including phenoxy) is 2. The minimum atomic E-state index is -1.20. The maximum atomic E-state index is 15.5. The highest BCUT2D eigenvalue weighted by molar-refractivity contribution is 6.40. The van der Waals surface area contributed by atoms with Gasteiger partial charge in [-0.1, -0.05) is 41.4 Å². The van der Waals surface area contributed by atoms with Gasteiger partial charge in [0.25, 0.3) is 5.91 Å². The van der Waals surface area contributed by atoms with Crippen molar-refractivity contribution in [2.24, 2.45) is 10.7 Å². The molecule has 2 atom stereocenters. The van der Waals surface area contributed by atoms with Crippen molar-refractivity contribution in [1.29, 1.82) is 0 Å². The Kier molecular flexibility index (Phi) is 7.76.